The lowest BCUT2D eigenvalue weighted by atomic mass is 10.1. The second-order valence-electron chi connectivity index (χ2n) is 4.81. The van der Waals surface area contributed by atoms with Gasteiger partial charge in [-0.15, -0.1) is 0 Å². The Labute approximate surface area is 115 Å². The third kappa shape index (κ3) is 3.27. The van der Waals surface area contributed by atoms with Gasteiger partial charge in [0.15, 0.2) is 0 Å². The van der Waals surface area contributed by atoms with Crippen LogP contribution >= 0.6 is 0 Å². The second kappa shape index (κ2) is 5.78. The van der Waals surface area contributed by atoms with Crippen molar-refractivity contribution in [1.82, 2.24) is 15.2 Å². The first kappa shape index (κ1) is 14.8. The maximum absolute atomic E-state index is 12.4. The zero-order chi connectivity index (χ0) is 14.8. The van der Waals surface area contributed by atoms with Gasteiger partial charge in [-0.3, -0.25) is 9.78 Å². The first-order valence-electron chi connectivity index (χ1n) is 6.41. The summed E-state index contributed by atoms with van der Waals surface area (Å²) >= 11 is 0. The van der Waals surface area contributed by atoms with Crippen molar-refractivity contribution in [3.05, 3.63) is 29.6 Å². The van der Waals surface area contributed by atoms with Crippen LogP contribution in [0.25, 0.3) is 0 Å². The van der Waals surface area contributed by atoms with Gasteiger partial charge >= 0.3 is 6.18 Å². The predicted octanol–water partition coefficient (Wildman–Crippen LogP) is 1.92. The molecule has 1 unspecified atom stereocenters. The van der Waals surface area contributed by atoms with Gasteiger partial charge in [0.25, 0.3) is 5.91 Å². The molecule has 0 bridgehead atoms. The van der Waals surface area contributed by atoms with Crippen molar-refractivity contribution in [2.24, 2.45) is 0 Å². The van der Waals surface area contributed by atoms with Gasteiger partial charge in [0, 0.05) is 25.3 Å². The summed E-state index contributed by atoms with van der Waals surface area (Å²) in [6, 6.07) is 2.25. The Morgan fingerprint density at radius 1 is 1.45 bits per heavy atom. The predicted molar refractivity (Wildman–Crippen MR) is 67.2 cm³/mol. The Bertz CT molecular complexity index is 473. The molecule has 1 aromatic heterocycles. The Balaban J connectivity index is 2.09. The molecule has 0 saturated carbocycles. The lowest BCUT2D eigenvalue weighted by molar-refractivity contribution is -0.137. The number of carbonyl (C=O) groups is 1. The van der Waals surface area contributed by atoms with E-state index < -0.39 is 11.7 Å². The fraction of sp³-hybridized carbons (Fsp3) is 0.538. The molecule has 1 amide bonds. The van der Waals surface area contributed by atoms with Crippen molar-refractivity contribution in [2.75, 3.05) is 20.1 Å². The summed E-state index contributed by atoms with van der Waals surface area (Å²) in [5.41, 5.74) is -0.796. The van der Waals surface area contributed by atoms with Crippen molar-refractivity contribution in [3.8, 4) is 0 Å². The van der Waals surface area contributed by atoms with E-state index in [1.807, 2.05) is 7.05 Å². The smallest absolute Gasteiger partial charge is 0.336 e. The van der Waals surface area contributed by atoms with E-state index in [9.17, 15) is 18.0 Å². The molecule has 0 spiro atoms. The van der Waals surface area contributed by atoms with Gasteiger partial charge in [0.1, 0.15) is 5.69 Å². The van der Waals surface area contributed by atoms with Crippen LogP contribution < -0.4 is 5.32 Å². The van der Waals surface area contributed by atoms with Gasteiger partial charge in [-0.1, -0.05) is 0 Å². The van der Waals surface area contributed by atoms with Crippen molar-refractivity contribution in [2.45, 2.75) is 25.1 Å². The van der Waals surface area contributed by atoms with Crippen LogP contribution in [0, 0.1) is 0 Å². The number of amides is 1. The number of likely N-dealkylation sites (tertiary alicyclic amines) is 1. The van der Waals surface area contributed by atoms with Gasteiger partial charge in [-0.2, -0.15) is 13.2 Å². The van der Waals surface area contributed by atoms with Gasteiger partial charge in [0.2, 0.25) is 0 Å². The molecule has 1 aromatic rings. The van der Waals surface area contributed by atoms with Crippen molar-refractivity contribution in [3.63, 3.8) is 0 Å². The highest BCUT2D eigenvalue weighted by Crippen LogP contribution is 2.28. The Hall–Kier alpha value is -1.63. The Kier molecular flexibility index (Phi) is 4.27. The first-order chi connectivity index (χ1) is 9.41. The number of halogens is 3. The Morgan fingerprint density at radius 3 is 2.75 bits per heavy atom. The highest BCUT2D eigenvalue weighted by atomic mass is 19.4. The summed E-state index contributed by atoms with van der Waals surface area (Å²) in [6.07, 6.45) is -1.87. The largest absolute Gasteiger partial charge is 0.417 e. The molecule has 20 heavy (non-hydrogen) atoms. The van der Waals surface area contributed by atoms with Gasteiger partial charge in [0.05, 0.1) is 5.56 Å². The maximum atomic E-state index is 12.4. The summed E-state index contributed by atoms with van der Waals surface area (Å²) in [5.74, 6) is -0.321. The summed E-state index contributed by atoms with van der Waals surface area (Å²) in [5, 5.41) is 3.11. The van der Waals surface area contributed by atoms with E-state index in [1.165, 1.54) is 0 Å². The normalized spacial score (nSPS) is 20.0. The van der Waals surface area contributed by atoms with E-state index in [0.29, 0.717) is 19.3 Å². The summed E-state index contributed by atoms with van der Waals surface area (Å²) in [6.45, 7) is 1.16. The molecule has 1 aliphatic rings. The minimum absolute atomic E-state index is 0.0507. The fourth-order valence-corrected chi connectivity index (χ4v) is 2.25. The SMILES string of the molecule is CNC1CCCN(C(=O)c2ccc(C(F)(F)F)cn2)C1. The third-order valence-corrected chi connectivity index (χ3v) is 3.43. The van der Waals surface area contributed by atoms with Crippen LogP contribution in [0.2, 0.25) is 0 Å². The molecule has 1 fully saturated rings. The van der Waals surface area contributed by atoms with E-state index in [0.717, 1.165) is 25.0 Å². The fourth-order valence-electron chi connectivity index (χ4n) is 2.25. The molecule has 0 radical (unpaired) electrons. The number of likely N-dealkylation sites (N-methyl/N-ethyl adjacent to an activating group) is 1. The third-order valence-electron chi connectivity index (χ3n) is 3.43. The number of hydrogen-bond donors (Lipinski definition) is 1. The number of nitrogens with zero attached hydrogens (tertiary/aromatic N) is 2. The molecule has 7 heteroatoms. The van der Waals surface area contributed by atoms with Crippen LogP contribution in [0.3, 0.4) is 0 Å². The van der Waals surface area contributed by atoms with E-state index >= 15 is 0 Å². The minimum Gasteiger partial charge on any atom is -0.336 e. The molecule has 2 heterocycles. The molecule has 1 aliphatic heterocycles. The number of nitrogens with one attached hydrogen (secondary N) is 1. The molecule has 4 nitrogen and oxygen atoms in total. The Morgan fingerprint density at radius 2 is 2.20 bits per heavy atom. The number of aromatic nitrogens is 1. The standard InChI is InChI=1S/C13H16F3N3O/c1-17-10-3-2-6-19(8-10)12(20)11-5-4-9(7-18-11)13(14,15)16/h4-5,7,10,17H,2-3,6,8H2,1H3. The van der Waals surface area contributed by atoms with Crippen LogP contribution in [0.5, 0.6) is 0 Å². The van der Waals surface area contributed by atoms with E-state index in [2.05, 4.69) is 10.3 Å². The van der Waals surface area contributed by atoms with Crippen LogP contribution in [0.1, 0.15) is 28.9 Å². The number of rotatable bonds is 2. The van der Waals surface area contributed by atoms with Gasteiger partial charge in [-0.25, -0.2) is 0 Å². The lowest BCUT2D eigenvalue weighted by Crippen LogP contribution is -2.47. The van der Waals surface area contributed by atoms with E-state index in [1.54, 1.807) is 4.90 Å². The molecule has 0 aromatic carbocycles. The maximum Gasteiger partial charge on any atom is 0.417 e. The van der Waals surface area contributed by atoms with Gasteiger partial charge in [-0.05, 0) is 32.0 Å². The molecule has 1 saturated heterocycles. The number of pyridine rings is 1. The van der Waals surface area contributed by atoms with Crippen molar-refractivity contribution >= 4 is 5.91 Å². The summed E-state index contributed by atoms with van der Waals surface area (Å²) < 4.78 is 37.3. The van der Waals surface area contributed by atoms with Gasteiger partial charge < -0.3 is 10.2 Å². The molecule has 2 rings (SSSR count). The minimum atomic E-state index is -4.43. The van der Waals surface area contributed by atoms with Crippen LogP contribution in [-0.4, -0.2) is 42.0 Å². The van der Waals surface area contributed by atoms with Crippen LogP contribution in [0.4, 0.5) is 13.2 Å². The zero-order valence-corrected chi connectivity index (χ0v) is 11.1. The quantitative estimate of drug-likeness (QED) is 0.904. The van der Waals surface area contributed by atoms with Crippen molar-refractivity contribution < 1.29 is 18.0 Å². The van der Waals surface area contributed by atoms with E-state index in [-0.39, 0.29) is 17.6 Å². The highest BCUT2D eigenvalue weighted by molar-refractivity contribution is 5.92. The van der Waals surface area contributed by atoms with Crippen LogP contribution in [0.15, 0.2) is 18.3 Å². The number of piperidine rings is 1. The van der Waals surface area contributed by atoms with E-state index in [4.69, 9.17) is 0 Å². The first-order valence-corrected chi connectivity index (χ1v) is 6.41. The molecular weight excluding hydrogens is 271 g/mol. The molecule has 1 atom stereocenters. The highest BCUT2D eigenvalue weighted by Gasteiger charge is 2.31. The van der Waals surface area contributed by atoms with Crippen molar-refractivity contribution in [1.29, 1.82) is 0 Å². The number of carbonyl (C=O) groups excluding carboxylic acids is 1. The lowest BCUT2D eigenvalue weighted by Gasteiger charge is -2.32. The monoisotopic (exact) mass is 287 g/mol. The summed E-state index contributed by atoms with van der Waals surface area (Å²) in [7, 11) is 1.83. The molecule has 1 N–H and O–H groups in total. The number of alkyl halides is 3. The molecule has 0 aliphatic carbocycles. The van der Waals surface area contributed by atoms with Crippen LogP contribution in [-0.2, 0) is 6.18 Å². The zero-order valence-electron chi connectivity index (χ0n) is 11.1. The average Bonchev–Trinajstić information content (AvgIpc) is 2.46. The molecule has 110 valence electrons. The number of hydrogen-bond acceptors (Lipinski definition) is 3. The average molecular weight is 287 g/mol. The summed E-state index contributed by atoms with van der Waals surface area (Å²) in [4.78, 5) is 17.4. The molecular formula is C13H16F3N3O. The second-order valence-corrected chi connectivity index (χ2v) is 4.81. The topological polar surface area (TPSA) is 45.2 Å².